The molecule has 0 bridgehead atoms. The smallest absolute Gasteiger partial charge is 0.262 e. The van der Waals surface area contributed by atoms with E-state index in [9.17, 15) is 18.8 Å². The molecule has 0 aliphatic heterocycles. The maximum Gasteiger partial charge on any atom is 0.262 e. The fraction of sp³-hybridized carbons (Fsp3) is 0.360. The second kappa shape index (κ2) is 12.3. The molecule has 2 amide bonds. The fourth-order valence-electron chi connectivity index (χ4n) is 3.60. The maximum absolute atomic E-state index is 13.4. The van der Waals surface area contributed by atoms with Gasteiger partial charge in [0, 0.05) is 25.2 Å². The van der Waals surface area contributed by atoms with Crippen molar-refractivity contribution in [2.75, 3.05) is 17.2 Å². The van der Waals surface area contributed by atoms with Crippen LogP contribution in [0.3, 0.4) is 0 Å². The first-order valence-electron chi connectivity index (χ1n) is 11.4. The van der Waals surface area contributed by atoms with Crippen LogP contribution in [0.1, 0.15) is 39.0 Å². The zero-order valence-electron chi connectivity index (χ0n) is 19.2. The molecular weight excluding hydrogens is 455 g/mol. The number of fused-ring (bicyclic) bond motifs is 1. The lowest BCUT2D eigenvalue weighted by atomic mass is 10.2. The van der Waals surface area contributed by atoms with Crippen LogP contribution in [0.15, 0.2) is 58.5 Å². The van der Waals surface area contributed by atoms with Gasteiger partial charge in [0.25, 0.3) is 5.56 Å². The Bertz CT molecular complexity index is 1200. The van der Waals surface area contributed by atoms with Crippen LogP contribution in [-0.2, 0) is 16.1 Å². The highest BCUT2D eigenvalue weighted by Gasteiger charge is 2.19. The van der Waals surface area contributed by atoms with Crippen LogP contribution in [0.2, 0.25) is 0 Å². The predicted octanol–water partition coefficient (Wildman–Crippen LogP) is 4.12. The van der Waals surface area contributed by atoms with Crippen molar-refractivity contribution in [1.29, 1.82) is 0 Å². The van der Waals surface area contributed by atoms with Gasteiger partial charge < -0.3 is 10.6 Å². The molecule has 0 aliphatic rings. The Labute approximate surface area is 202 Å². The van der Waals surface area contributed by atoms with E-state index < -0.39 is 11.7 Å². The fourth-order valence-corrected chi connectivity index (χ4v) is 4.50. The average Bonchev–Trinajstić information content (AvgIpc) is 2.83. The van der Waals surface area contributed by atoms with Crippen molar-refractivity contribution in [3.63, 3.8) is 0 Å². The molecule has 9 heteroatoms. The lowest BCUT2D eigenvalue weighted by molar-refractivity contribution is -0.118. The molecule has 34 heavy (non-hydrogen) atoms. The number of carbonyl (C=O) groups excluding carboxylic acids is 2. The SMILES string of the molecule is CCCCCCn1c(SCC(=O)N(CCC(N)=O)c2ccc(F)cc2)nc2ccccc2c1=O. The average molecular weight is 485 g/mol. The molecule has 0 unspecified atom stereocenters. The van der Waals surface area contributed by atoms with Crippen LogP contribution >= 0.6 is 11.8 Å². The summed E-state index contributed by atoms with van der Waals surface area (Å²) in [7, 11) is 0. The van der Waals surface area contributed by atoms with Crippen LogP contribution in [0.5, 0.6) is 0 Å². The Morgan fingerprint density at radius 3 is 2.53 bits per heavy atom. The topological polar surface area (TPSA) is 98.3 Å². The number of nitrogens with two attached hydrogens (primary N) is 1. The number of para-hydroxylation sites is 1. The predicted molar refractivity (Wildman–Crippen MR) is 133 cm³/mol. The number of anilines is 1. The molecule has 3 rings (SSSR count). The molecule has 180 valence electrons. The molecule has 1 heterocycles. The molecule has 0 fully saturated rings. The Morgan fingerprint density at radius 1 is 1.09 bits per heavy atom. The van der Waals surface area contributed by atoms with Crippen LogP contribution in [0.4, 0.5) is 10.1 Å². The summed E-state index contributed by atoms with van der Waals surface area (Å²) in [5.74, 6) is -1.26. The Hall–Kier alpha value is -3.20. The van der Waals surface area contributed by atoms with Gasteiger partial charge in [0.2, 0.25) is 11.8 Å². The van der Waals surface area contributed by atoms with Crippen molar-refractivity contribution >= 4 is 40.2 Å². The summed E-state index contributed by atoms with van der Waals surface area (Å²) in [5, 5.41) is 1.02. The minimum Gasteiger partial charge on any atom is -0.370 e. The lowest BCUT2D eigenvalue weighted by Crippen LogP contribution is -2.35. The summed E-state index contributed by atoms with van der Waals surface area (Å²) >= 11 is 1.18. The monoisotopic (exact) mass is 484 g/mol. The van der Waals surface area contributed by atoms with E-state index in [1.807, 2.05) is 12.1 Å². The number of primary amides is 1. The summed E-state index contributed by atoms with van der Waals surface area (Å²) in [6.07, 6.45) is 4.00. The van der Waals surface area contributed by atoms with Gasteiger partial charge in [-0.3, -0.25) is 19.0 Å². The van der Waals surface area contributed by atoms with Crippen molar-refractivity contribution in [1.82, 2.24) is 9.55 Å². The van der Waals surface area contributed by atoms with Gasteiger partial charge in [-0.05, 0) is 42.8 Å². The number of hydrogen-bond acceptors (Lipinski definition) is 5. The first-order valence-corrected chi connectivity index (χ1v) is 12.4. The van der Waals surface area contributed by atoms with E-state index in [-0.39, 0.29) is 30.2 Å². The van der Waals surface area contributed by atoms with Crippen molar-refractivity contribution in [3.8, 4) is 0 Å². The summed E-state index contributed by atoms with van der Waals surface area (Å²) in [5.41, 5.74) is 6.20. The van der Waals surface area contributed by atoms with E-state index in [2.05, 4.69) is 11.9 Å². The minimum atomic E-state index is -0.537. The number of aromatic nitrogens is 2. The standard InChI is InChI=1S/C25H29FN4O3S/c1-2-3-4-7-15-30-24(33)20-8-5-6-9-21(20)28-25(30)34-17-23(32)29(16-14-22(27)31)19-12-10-18(26)11-13-19/h5-6,8-13H,2-4,7,14-17H2,1H3,(H2,27,31). The Kier molecular flexibility index (Phi) is 9.21. The second-order valence-electron chi connectivity index (χ2n) is 7.96. The molecule has 2 aromatic carbocycles. The van der Waals surface area contributed by atoms with Crippen LogP contribution < -0.4 is 16.2 Å². The van der Waals surface area contributed by atoms with E-state index >= 15 is 0 Å². The molecule has 3 aromatic rings. The van der Waals surface area contributed by atoms with E-state index in [4.69, 9.17) is 5.73 Å². The van der Waals surface area contributed by atoms with Gasteiger partial charge in [0.1, 0.15) is 5.82 Å². The number of halogens is 1. The number of benzene rings is 2. The second-order valence-corrected chi connectivity index (χ2v) is 8.90. The first kappa shape index (κ1) is 25.4. The number of carbonyl (C=O) groups is 2. The number of thioether (sulfide) groups is 1. The van der Waals surface area contributed by atoms with Gasteiger partial charge in [-0.1, -0.05) is 50.1 Å². The number of hydrogen-bond donors (Lipinski definition) is 1. The summed E-state index contributed by atoms with van der Waals surface area (Å²) in [4.78, 5) is 43.6. The number of amides is 2. The number of unbranched alkanes of at least 4 members (excludes halogenated alkanes) is 3. The van der Waals surface area contributed by atoms with Crippen LogP contribution in [0.25, 0.3) is 10.9 Å². The van der Waals surface area contributed by atoms with Gasteiger partial charge in [0.15, 0.2) is 5.16 Å². The Morgan fingerprint density at radius 2 is 1.82 bits per heavy atom. The Balaban J connectivity index is 1.84. The zero-order chi connectivity index (χ0) is 24.5. The van der Waals surface area contributed by atoms with Crippen molar-refractivity contribution in [2.24, 2.45) is 5.73 Å². The quantitative estimate of drug-likeness (QED) is 0.237. The van der Waals surface area contributed by atoms with E-state index in [0.717, 1.165) is 25.7 Å². The molecule has 0 spiro atoms. The third kappa shape index (κ3) is 6.66. The van der Waals surface area contributed by atoms with Gasteiger partial charge in [-0.25, -0.2) is 9.37 Å². The van der Waals surface area contributed by atoms with Crippen molar-refractivity contribution in [2.45, 2.75) is 50.7 Å². The zero-order valence-corrected chi connectivity index (χ0v) is 20.0. The van der Waals surface area contributed by atoms with Gasteiger partial charge in [-0.15, -0.1) is 0 Å². The van der Waals surface area contributed by atoms with Crippen molar-refractivity contribution in [3.05, 3.63) is 64.7 Å². The molecule has 2 N–H and O–H groups in total. The van der Waals surface area contributed by atoms with Crippen molar-refractivity contribution < 1.29 is 14.0 Å². The molecule has 0 saturated carbocycles. The number of rotatable bonds is 12. The molecule has 0 radical (unpaired) electrons. The minimum absolute atomic E-state index is 0.00409. The lowest BCUT2D eigenvalue weighted by Gasteiger charge is -2.22. The van der Waals surface area contributed by atoms with Gasteiger partial charge in [-0.2, -0.15) is 0 Å². The highest BCUT2D eigenvalue weighted by molar-refractivity contribution is 7.99. The molecule has 7 nitrogen and oxygen atoms in total. The molecular formula is C25H29FN4O3S. The van der Waals surface area contributed by atoms with Gasteiger partial charge in [0.05, 0.1) is 16.7 Å². The molecule has 0 aliphatic carbocycles. The van der Waals surface area contributed by atoms with Crippen LogP contribution in [0, 0.1) is 5.82 Å². The normalized spacial score (nSPS) is 11.0. The van der Waals surface area contributed by atoms with E-state index in [1.165, 1.54) is 40.9 Å². The van der Waals surface area contributed by atoms with E-state index in [1.54, 1.807) is 16.7 Å². The molecule has 0 saturated heterocycles. The van der Waals surface area contributed by atoms with Gasteiger partial charge >= 0.3 is 0 Å². The summed E-state index contributed by atoms with van der Waals surface area (Å²) < 4.78 is 15.0. The first-order chi connectivity index (χ1) is 16.4. The summed E-state index contributed by atoms with van der Waals surface area (Å²) in [6.45, 7) is 2.73. The third-order valence-electron chi connectivity index (χ3n) is 5.41. The third-order valence-corrected chi connectivity index (χ3v) is 6.37. The molecule has 1 aromatic heterocycles. The molecule has 0 atom stereocenters. The van der Waals surface area contributed by atoms with Crippen LogP contribution in [-0.4, -0.2) is 33.7 Å². The highest BCUT2D eigenvalue weighted by atomic mass is 32.2. The summed E-state index contributed by atoms with van der Waals surface area (Å²) in [6, 6.07) is 12.6. The largest absolute Gasteiger partial charge is 0.370 e. The number of nitrogens with zero attached hydrogens (tertiary/aromatic N) is 3. The highest BCUT2D eigenvalue weighted by Crippen LogP contribution is 2.22. The van der Waals surface area contributed by atoms with E-state index in [0.29, 0.717) is 28.3 Å². The maximum atomic E-state index is 13.4.